The molecule has 0 aliphatic carbocycles. The monoisotopic (exact) mass is 1130 g/mol. The Kier molecular flexibility index (Phi) is 20.7. The summed E-state index contributed by atoms with van der Waals surface area (Å²) in [5.41, 5.74) is 1.21. The van der Waals surface area contributed by atoms with Crippen molar-refractivity contribution in [3.63, 3.8) is 0 Å². The van der Waals surface area contributed by atoms with Gasteiger partial charge >= 0.3 is 0 Å². The van der Waals surface area contributed by atoms with Gasteiger partial charge in [0.25, 0.3) is 0 Å². The van der Waals surface area contributed by atoms with Gasteiger partial charge in [-0.3, -0.25) is 29.0 Å². The average molecular weight is 1130 g/mol. The molecule has 17 nitrogen and oxygen atoms in total. The summed E-state index contributed by atoms with van der Waals surface area (Å²) in [6.07, 6.45) is 16.2. The van der Waals surface area contributed by atoms with Crippen molar-refractivity contribution >= 4 is 23.6 Å². The lowest BCUT2D eigenvalue weighted by Gasteiger charge is -2.33. The molecule has 4 amide bonds. The van der Waals surface area contributed by atoms with Crippen LogP contribution in [0.15, 0.2) is 72.3 Å². The number of methoxy groups -OCH3 is 1. The first-order chi connectivity index (χ1) is 39.0. The number of fused-ring (bicyclic) bond motifs is 10. The van der Waals surface area contributed by atoms with E-state index in [-0.39, 0.29) is 87.2 Å². The number of epoxide rings is 1. The largest absolute Gasteiger partial charge is 0.491 e. The number of rotatable bonds is 38. The lowest BCUT2D eigenvalue weighted by atomic mass is 9.77. The van der Waals surface area contributed by atoms with E-state index in [2.05, 4.69) is 20.8 Å². The van der Waals surface area contributed by atoms with Gasteiger partial charge in [-0.05, 0) is 78.0 Å². The van der Waals surface area contributed by atoms with Crippen molar-refractivity contribution in [1.82, 2.24) is 9.80 Å². The highest BCUT2D eigenvalue weighted by atomic mass is 16.6. The summed E-state index contributed by atoms with van der Waals surface area (Å²) in [5.74, 6) is -1.97. The van der Waals surface area contributed by atoms with E-state index in [9.17, 15) is 29.4 Å². The van der Waals surface area contributed by atoms with Gasteiger partial charge in [0.15, 0.2) is 0 Å². The molecule has 17 heteroatoms. The third-order valence-corrected chi connectivity index (χ3v) is 17.6. The lowest BCUT2D eigenvalue weighted by molar-refractivity contribution is -0.147. The van der Waals surface area contributed by atoms with E-state index < -0.39 is 65.2 Å². The van der Waals surface area contributed by atoms with Gasteiger partial charge in [0.2, 0.25) is 23.6 Å². The van der Waals surface area contributed by atoms with Crippen LogP contribution in [0.3, 0.4) is 0 Å². The molecule has 2 aromatic carbocycles. The summed E-state index contributed by atoms with van der Waals surface area (Å²) < 4.78 is 52.1. The fraction of sp³-hybridized carbons (Fsp3) is 0.688. The summed E-state index contributed by atoms with van der Waals surface area (Å²) in [5, 5.41) is 21.4. The number of hydrogen-bond acceptors (Lipinski definition) is 15. The molecule has 0 aromatic heterocycles. The van der Waals surface area contributed by atoms with E-state index in [1.54, 1.807) is 7.11 Å². The second kappa shape index (κ2) is 27.4. The molecule has 7 heterocycles. The number of imide groups is 2. The summed E-state index contributed by atoms with van der Waals surface area (Å²) in [6.45, 7) is 14.4. The number of carbonyl (C=O) groups is 4. The maximum absolute atomic E-state index is 14.1. The number of benzene rings is 2. The quantitative estimate of drug-likeness (QED) is 0.0289. The Hall–Kier alpha value is -4.56. The minimum Gasteiger partial charge on any atom is -0.491 e. The Morgan fingerprint density at radius 3 is 1.85 bits per heavy atom. The van der Waals surface area contributed by atoms with Gasteiger partial charge in [-0.25, -0.2) is 0 Å². The molecular formula is C64H90N2O15. The highest BCUT2D eigenvalue weighted by molar-refractivity contribution is 6.08. The van der Waals surface area contributed by atoms with Crippen LogP contribution in [-0.4, -0.2) is 172 Å². The molecule has 12 unspecified atom stereocenters. The van der Waals surface area contributed by atoms with Crippen LogP contribution in [0.25, 0.3) is 0 Å². The van der Waals surface area contributed by atoms with Crippen LogP contribution in [0.1, 0.15) is 123 Å². The number of carbonyl (C=O) groups excluding carboxylic acids is 4. The Morgan fingerprint density at radius 1 is 0.679 bits per heavy atom. The zero-order valence-electron chi connectivity index (χ0n) is 48.8. The third kappa shape index (κ3) is 14.9. The first kappa shape index (κ1) is 61.0. The second-order valence-corrected chi connectivity index (χ2v) is 25.3. The predicted octanol–water partition coefficient (Wildman–Crippen LogP) is 7.55. The summed E-state index contributed by atoms with van der Waals surface area (Å²) in [4.78, 5) is 58.2. The van der Waals surface area contributed by atoms with Gasteiger partial charge in [0.05, 0.1) is 81.6 Å². The number of ether oxygens (including phenoxy) is 9. The average Bonchev–Trinajstić information content (AvgIpc) is 3.47. The number of amides is 4. The number of likely N-dealkylation sites (tertiary alicyclic amines) is 2. The molecule has 4 bridgehead atoms. The standard InChI is InChI=1S/C64H90N2O15/c1-42(32-62(2,3)40-66-58(69)53-52-31-43(33-75-38-50-39-79-50)57(80-52)55(53)60(66)71)26-28-65-59(70)54-51-25-27-64(81-51,56(54)61(65)72)41-76-35-47(68)37-78-49-23-19-45(20-24-49)63(4,5)44-17-21-48(22-18-44)77-36-46(67)34-74-30-16-14-12-10-8-7-9-11-13-15-29-73-6/h17-25,27,31,42,46-47,50-57,67-68H,7-16,26,28-30,32-41H2,1-6H3. The van der Waals surface area contributed by atoms with Gasteiger partial charge in [0.1, 0.15) is 48.6 Å². The topological polar surface area (TPSA) is 202 Å². The molecule has 81 heavy (non-hydrogen) atoms. The van der Waals surface area contributed by atoms with Crippen molar-refractivity contribution in [1.29, 1.82) is 0 Å². The van der Waals surface area contributed by atoms with E-state index in [1.807, 2.05) is 80.6 Å². The molecule has 0 saturated carbocycles. The first-order valence-electron chi connectivity index (χ1n) is 30.1. The van der Waals surface area contributed by atoms with E-state index in [0.29, 0.717) is 50.8 Å². The maximum Gasteiger partial charge on any atom is 0.236 e. The van der Waals surface area contributed by atoms with Crippen molar-refractivity contribution in [3.05, 3.63) is 83.5 Å². The van der Waals surface area contributed by atoms with Crippen LogP contribution in [-0.2, 0) is 57.8 Å². The molecule has 7 aliphatic heterocycles. The zero-order chi connectivity index (χ0) is 57.3. The molecule has 0 spiro atoms. The van der Waals surface area contributed by atoms with Gasteiger partial charge in [-0.2, -0.15) is 0 Å². The van der Waals surface area contributed by atoms with Crippen LogP contribution in [0, 0.1) is 35.0 Å². The minimum atomic E-state index is -1.12. The molecule has 2 aromatic rings. The second-order valence-electron chi connectivity index (χ2n) is 25.3. The molecule has 0 radical (unpaired) electrons. The lowest BCUT2D eigenvalue weighted by Crippen LogP contribution is -2.45. The predicted molar refractivity (Wildman–Crippen MR) is 301 cm³/mol. The Bertz CT molecular complexity index is 2490. The zero-order valence-corrected chi connectivity index (χ0v) is 48.8. The normalized spacial score (nSPS) is 27.4. The van der Waals surface area contributed by atoms with E-state index >= 15 is 0 Å². The van der Waals surface area contributed by atoms with Gasteiger partial charge in [0, 0.05) is 38.8 Å². The van der Waals surface area contributed by atoms with Crippen molar-refractivity contribution in [2.75, 3.05) is 86.3 Å². The molecule has 5 fully saturated rings. The Labute approximate surface area is 479 Å². The number of aliphatic hydroxyl groups is 2. The third-order valence-electron chi connectivity index (χ3n) is 17.6. The van der Waals surface area contributed by atoms with E-state index in [0.717, 1.165) is 42.6 Å². The number of aliphatic hydroxyl groups excluding tert-OH is 2. The Morgan fingerprint density at radius 2 is 1.25 bits per heavy atom. The highest BCUT2D eigenvalue weighted by Gasteiger charge is 2.68. The Balaban J connectivity index is 0.644. The van der Waals surface area contributed by atoms with E-state index in [4.69, 9.17) is 42.6 Å². The van der Waals surface area contributed by atoms with Crippen molar-refractivity contribution in [2.24, 2.45) is 35.0 Å². The SMILES string of the molecule is COCCCCCCCCCCCCOCC(O)COc1ccc(C(C)(C)c2ccc(OCC(O)COCC34C=CC(O3)C3C(=O)N(CCC(C)CC(C)(C)CN5C(=O)C6C7C=C(COCC8CO8)C(O7)C6C5=O)C(=O)C34)cc2)cc1. The molecule has 7 aliphatic rings. The number of nitrogens with zero attached hydrogens (tertiary/aromatic N) is 2. The maximum atomic E-state index is 14.1. The molecule has 5 saturated heterocycles. The summed E-state index contributed by atoms with van der Waals surface area (Å²) in [7, 11) is 1.76. The van der Waals surface area contributed by atoms with Crippen molar-refractivity contribution in [3.8, 4) is 11.5 Å². The smallest absolute Gasteiger partial charge is 0.236 e. The number of unbranched alkanes of at least 4 members (excludes halogenated alkanes) is 9. The number of hydrogen-bond donors (Lipinski definition) is 2. The minimum absolute atomic E-state index is 0.00847. The molecule has 12 atom stereocenters. The molecule has 446 valence electrons. The van der Waals surface area contributed by atoms with Crippen LogP contribution < -0.4 is 9.47 Å². The van der Waals surface area contributed by atoms with Gasteiger partial charge in [-0.15, -0.1) is 0 Å². The van der Waals surface area contributed by atoms with Crippen LogP contribution in [0.4, 0.5) is 0 Å². The molecule has 9 rings (SSSR count). The van der Waals surface area contributed by atoms with Crippen molar-refractivity contribution < 1.29 is 72.0 Å². The van der Waals surface area contributed by atoms with Gasteiger partial charge in [-0.1, -0.05) is 128 Å². The first-order valence-corrected chi connectivity index (χ1v) is 30.1. The summed E-state index contributed by atoms with van der Waals surface area (Å²) in [6, 6.07) is 15.7. The molecule has 2 N–H and O–H groups in total. The van der Waals surface area contributed by atoms with Crippen LogP contribution in [0.2, 0.25) is 0 Å². The summed E-state index contributed by atoms with van der Waals surface area (Å²) >= 11 is 0. The fourth-order valence-electron chi connectivity index (χ4n) is 13.2. The van der Waals surface area contributed by atoms with Crippen LogP contribution in [0.5, 0.6) is 11.5 Å². The molecular weight excluding hydrogens is 1040 g/mol. The van der Waals surface area contributed by atoms with Gasteiger partial charge < -0.3 is 52.8 Å². The fourth-order valence-corrected chi connectivity index (χ4v) is 13.2. The van der Waals surface area contributed by atoms with Crippen LogP contribution >= 0.6 is 0 Å². The van der Waals surface area contributed by atoms with E-state index in [1.165, 1.54) is 54.7 Å². The highest BCUT2D eigenvalue weighted by Crippen LogP contribution is 2.53. The van der Waals surface area contributed by atoms with Crippen molar-refractivity contribution in [2.45, 2.75) is 159 Å².